The van der Waals surface area contributed by atoms with E-state index in [2.05, 4.69) is 56.4 Å². The molecule has 0 saturated carbocycles. The highest BCUT2D eigenvalue weighted by molar-refractivity contribution is 6.25. The van der Waals surface area contributed by atoms with E-state index < -0.39 is 0 Å². The van der Waals surface area contributed by atoms with Crippen molar-refractivity contribution in [1.29, 1.82) is 5.26 Å². The SMILES string of the molecule is [C-]#[N+]c1cccc2c1oc1ccc3c4ccccc4n(-c4cccc(-n5c6ccccc6c6cc(C#N)ccc65)n4)c3c12. The van der Waals surface area contributed by atoms with Crippen molar-refractivity contribution in [2.45, 2.75) is 0 Å². The third kappa shape index (κ3) is 3.12. The quantitative estimate of drug-likeness (QED) is 0.202. The molecule has 0 fully saturated rings. The molecule has 43 heavy (non-hydrogen) atoms. The second kappa shape index (κ2) is 8.57. The van der Waals surface area contributed by atoms with Crippen molar-refractivity contribution in [3.05, 3.63) is 132 Å². The number of rotatable bonds is 2. The van der Waals surface area contributed by atoms with E-state index in [1.807, 2.05) is 72.8 Å². The summed E-state index contributed by atoms with van der Waals surface area (Å²) >= 11 is 0. The molecule has 5 aromatic carbocycles. The summed E-state index contributed by atoms with van der Waals surface area (Å²) in [6.07, 6.45) is 0. The zero-order valence-corrected chi connectivity index (χ0v) is 22.6. The molecule has 0 aliphatic carbocycles. The summed E-state index contributed by atoms with van der Waals surface area (Å²) in [7, 11) is 0. The molecule has 0 radical (unpaired) electrons. The lowest BCUT2D eigenvalue weighted by Crippen LogP contribution is -2.03. The Hall–Kier alpha value is -6.37. The number of nitriles is 1. The fraction of sp³-hybridized carbons (Fsp3) is 0. The van der Waals surface area contributed by atoms with Gasteiger partial charge in [0.25, 0.3) is 0 Å². The fourth-order valence-corrected chi connectivity index (χ4v) is 6.60. The van der Waals surface area contributed by atoms with Crippen molar-refractivity contribution in [3.63, 3.8) is 0 Å². The summed E-state index contributed by atoms with van der Waals surface area (Å²) in [6, 6.07) is 40.6. The Morgan fingerprint density at radius 2 is 1.33 bits per heavy atom. The minimum absolute atomic E-state index is 0.496. The molecular formula is C37H19N5O. The molecule has 6 heteroatoms. The van der Waals surface area contributed by atoms with Gasteiger partial charge >= 0.3 is 0 Å². The minimum atomic E-state index is 0.496. The van der Waals surface area contributed by atoms with Gasteiger partial charge in [-0.05, 0) is 54.6 Å². The van der Waals surface area contributed by atoms with E-state index in [4.69, 9.17) is 16.0 Å². The van der Waals surface area contributed by atoms with Crippen LogP contribution in [0.4, 0.5) is 5.69 Å². The monoisotopic (exact) mass is 549 g/mol. The van der Waals surface area contributed by atoms with Gasteiger partial charge in [0.05, 0.1) is 45.7 Å². The average molecular weight is 550 g/mol. The van der Waals surface area contributed by atoms with Gasteiger partial charge in [-0.15, -0.1) is 0 Å². The Bertz CT molecular complexity index is 2710. The number of fused-ring (bicyclic) bond motifs is 10. The zero-order chi connectivity index (χ0) is 28.7. The van der Waals surface area contributed by atoms with Gasteiger partial charge < -0.3 is 4.42 Å². The Labute approximate surface area is 244 Å². The van der Waals surface area contributed by atoms with Crippen LogP contribution in [0.15, 0.2) is 120 Å². The summed E-state index contributed by atoms with van der Waals surface area (Å²) in [4.78, 5) is 9.00. The van der Waals surface area contributed by atoms with Crippen LogP contribution in [0, 0.1) is 17.9 Å². The second-order valence-corrected chi connectivity index (χ2v) is 10.6. The third-order valence-electron chi connectivity index (χ3n) is 8.37. The molecule has 0 N–H and O–H groups in total. The molecule has 0 unspecified atom stereocenters. The third-order valence-corrected chi connectivity index (χ3v) is 8.37. The minimum Gasteiger partial charge on any atom is -0.467 e. The molecule has 0 spiro atoms. The van der Waals surface area contributed by atoms with Crippen molar-refractivity contribution < 1.29 is 4.42 Å². The Balaban J connectivity index is 1.40. The normalized spacial score (nSPS) is 11.7. The number of para-hydroxylation sites is 3. The fourth-order valence-electron chi connectivity index (χ4n) is 6.60. The molecule has 0 amide bonds. The van der Waals surface area contributed by atoms with Gasteiger partial charge in [0.2, 0.25) is 5.69 Å². The summed E-state index contributed by atoms with van der Waals surface area (Å²) < 4.78 is 10.7. The first-order chi connectivity index (χ1) is 21.2. The standard InChI is InChI=1S/C37H19N5O/c1-39-28-11-6-10-26-35-32(43-37(26)28)19-17-25-23-8-2-5-13-30(23)42(36(25)35)34-15-7-14-33(40-34)41-29-12-4-3-9-24(29)27-20-22(21-38)16-18-31(27)41/h2-20H. The van der Waals surface area contributed by atoms with Crippen LogP contribution < -0.4 is 0 Å². The zero-order valence-electron chi connectivity index (χ0n) is 22.6. The van der Waals surface area contributed by atoms with Crippen LogP contribution >= 0.6 is 0 Å². The summed E-state index contributed by atoms with van der Waals surface area (Å²) in [5, 5.41) is 15.7. The van der Waals surface area contributed by atoms with Crippen LogP contribution in [0.3, 0.4) is 0 Å². The number of benzene rings is 5. The smallest absolute Gasteiger partial charge is 0.229 e. The van der Waals surface area contributed by atoms with Crippen LogP contribution in [0.1, 0.15) is 5.56 Å². The number of pyridine rings is 1. The lowest BCUT2D eigenvalue weighted by molar-refractivity contribution is 0.671. The Morgan fingerprint density at radius 3 is 2.12 bits per heavy atom. The molecule has 0 atom stereocenters. The molecule has 4 heterocycles. The van der Waals surface area contributed by atoms with E-state index in [0.717, 1.165) is 71.6 Å². The maximum absolute atomic E-state index is 9.57. The highest BCUT2D eigenvalue weighted by Crippen LogP contribution is 2.42. The Kier molecular flexibility index (Phi) is 4.65. The topological polar surface area (TPSA) is 64.0 Å². The first-order valence-corrected chi connectivity index (χ1v) is 13.9. The average Bonchev–Trinajstić information content (AvgIpc) is 3.72. The molecule has 0 aliphatic heterocycles. The van der Waals surface area contributed by atoms with Gasteiger partial charge in [-0.2, -0.15) is 5.26 Å². The molecule has 9 aromatic rings. The number of furan rings is 1. The van der Waals surface area contributed by atoms with Crippen molar-refractivity contribution in [2.24, 2.45) is 0 Å². The highest BCUT2D eigenvalue weighted by Gasteiger charge is 2.21. The number of hydrogen-bond acceptors (Lipinski definition) is 3. The number of aromatic nitrogens is 3. The largest absolute Gasteiger partial charge is 0.467 e. The van der Waals surface area contributed by atoms with Crippen LogP contribution in [-0.2, 0) is 0 Å². The number of nitrogens with zero attached hydrogens (tertiary/aromatic N) is 5. The van der Waals surface area contributed by atoms with E-state index >= 15 is 0 Å². The number of hydrogen-bond donors (Lipinski definition) is 0. The molecule has 0 saturated heterocycles. The van der Waals surface area contributed by atoms with Crippen LogP contribution in [-0.4, -0.2) is 14.1 Å². The van der Waals surface area contributed by atoms with Crippen molar-refractivity contribution in [2.75, 3.05) is 0 Å². The molecule has 0 bridgehead atoms. The van der Waals surface area contributed by atoms with Gasteiger partial charge in [0, 0.05) is 26.9 Å². The van der Waals surface area contributed by atoms with Crippen molar-refractivity contribution >= 4 is 71.2 Å². The maximum Gasteiger partial charge on any atom is 0.229 e. The van der Waals surface area contributed by atoms with Crippen LogP contribution in [0.25, 0.3) is 82.0 Å². The Morgan fingerprint density at radius 1 is 0.651 bits per heavy atom. The lowest BCUT2D eigenvalue weighted by Gasteiger charge is -2.12. The van der Waals surface area contributed by atoms with E-state index in [1.54, 1.807) is 6.07 Å². The predicted molar refractivity (Wildman–Crippen MR) is 171 cm³/mol. The van der Waals surface area contributed by atoms with Crippen molar-refractivity contribution in [1.82, 2.24) is 14.1 Å². The van der Waals surface area contributed by atoms with Gasteiger partial charge in [-0.1, -0.05) is 60.7 Å². The molecule has 4 aromatic heterocycles. The molecule has 0 aliphatic rings. The van der Waals surface area contributed by atoms with Crippen molar-refractivity contribution in [3.8, 4) is 17.7 Å². The predicted octanol–water partition coefficient (Wildman–Crippen LogP) is 9.60. The van der Waals surface area contributed by atoms with E-state index in [-0.39, 0.29) is 0 Å². The summed E-state index contributed by atoms with van der Waals surface area (Å²) in [5.41, 5.74) is 6.48. The molecule has 6 nitrogen and oxygen atoms in total. The van der Waals surface area contributed by atoms with Gasteiger partial charge in [-0.25, -0.2) is 9.83 Å². The first-order valence-electron chi connectivity index (χ1n) is 13.9. The lowest BCUT2D eigenvalue weighted by atomic mass is 10.1. The van der Waals surface area contributed by atoms with Crippen LogP contribution in [0.5, 0.6) is 0 Å². The summed E-state index contributed by atoms with van der Waals surface area (Å²) in [6.45, 7) is 7.69. The molecular weight excluding hydrogens is 530 g/mol. The van der Waals surface area contributed by atoms with Gasteiger partial charge in [-0.3, -0.25) is 9.13 Å². The second-order valence-electron chi connectivity index (χ2n) is 10.6. The van der Waals surface area contributed by atoms with Gasteiger partial charge in [0.1, 0.15) is 22.8 Å². The first kappa shape index (κ1) is 23.3. The molecule has 198 valence electrons. The van der Waals surface area contributed by atoms with Gasteiger partial charge in [0.15, 0.2) is 0 Å². The summed E-state index contributed by atoms with van der Waals surface area (Å²) in [5.74, 6) is 1.55. The van der Waals surface area contributed by atoms with E-state index in [0.29, 0.717) is 16.8 Å². The van der Waals surface area contributed by atoms with Crippen LogP contribution in [0.2, 0.25) is 0 Å². The highest BCUT2D eigenvalue weighted by atomic mass is 16.3. The maximum atomic E-state index is 9.57. The molecule has 9 rings (SSSR count). The van der Waals surface area contributed by atoms with E-state index in [1.165, 1.54) is 0 Å². The van der Waals surface area contributed by atoms with E-state index in [9.17, 15) is 5.26 Å².